The number of anilines is 1. The number of nitrogens with one attached hydrogen (secondary N) is 1. The molecule has 0 aliphatic heterocycles. The van der Waals surface area contributed by atoms with Crippen LogP contribution in [0.2, 0.25) is 0 Å². The Hall–Kier alpha value is -3.56. The van der Waals surface area contributed by atoms with Gasteiger partial charge in [-0.25, -0.2) is 0 Å². The summed E-state index contributed by atoms with van der Waals surface area (Å²) in [6.07, 6.45) is 1.74. The summed E-state index contributed by atoms with van der Waals surface area (Å²) in [7, 11) is 6.19. The zero-order valence-corrected chi connectivity index (χ0v) is 14.6. The largest absolute Gasteiger partial charge is 0.493 e. The zero-order valence-electron chi connectivity index (χ0n) is 14.6. The molecule has 0 aliphatic rings. The van der Waals surface area contributed by atoms with E-state index in [9.17, 15) is 4.79 Å². The number of hydrogen-bond acceptors (Lipinski definition) is 8. The number of hydrogen-bond donors (Lipinski definition) is 1. The fraction of sp³-hybridized carbons (Fsp3) is 0.250. The first-order chi connectivity index (χ1) is 12.5. The molecule has 0 unspecified atom stereocenters. The van der Waals surface area contributed by atoms with E-state index in [1.54, 1.807) is 24.0 Å². The molecule has 10 nitrogen and oxygen atoms in total. The van der Waals surface area contributed by atoms with E-state index >= 15 is 0 Å². The molecule has 136 valence electrons. The van der Waals surface area contributed by atoms with Crippen molar-refractivity contribution in [2.75, 3.05) is 26.6 Å². The molecule has 1 amide bonds. The average molecular weight is 359 g/mol. The van der Waals surface area contributed by atoms with Gasteiger partial charge in [-0.2, -0.15) is 5.10 Å². The van der Waals surface area contributed by atoms with Crippen LogP contribution >= 0.6 is 0 Å². The Balaban J connectivity index is 1.83. The smallest absolute Gasteiger partial charge is 0.322 e. The van der Waals surface area contributed by atoms with Gasteiger partial charge in [0.15, 0.2) is 11.5 Å². The highest BCUT2D eigenvalue weighted by atomic mass is 16.5. The highest BCUT2D eigenvalue weighted by Crippen LogP contribution is 2.38. The SMILES string of the molecule is COc1cc(C(=O)Nc2nnc(-c3ccn(C)n3)o2)cc(OC)c1OC. The van der Waals surface area contributed by atoms with Crippen LogP contribution < -0.4 is 19.5 Å². The normalized spacial score (nSPS) is 10.5. The second-order valence-electron chi connectivity index (χ2n) is 5.16. The van der Waals surface area contributed by atoms with Crippen LogP contribution in [0.4, 0.5) is 6.01 Å². The zero-order chi connectivity index (χ0) is 18.7. The quantitative estimate of drug-likeness (QED) is 0.708. The van der Waals surface area contributed by atoms with Crippen molar-refractivity contribution in [3.63, 3.8) is 0 Å². The number of rotatable bonds is 6. The summed E-state index contributed by atoms with van der Waals surface area (Å²) in [6.45, 7) is 0. The number of methoxy groups -OCH3 is 3. The van der Waals surface area contributed by atoms with Crippen molar-refractivity contribution in [2.45, 2.75) is 0 Å². The Morgan fingerprint density at radius 1 is 1.12 bits per heavy atom. The molecule has 0 saturated heterocycles. The van der Waals surface area contributed by atoms with Gasteiger partial charge in [0.2, 0.25) is 5.75 Å². The van der Waals surface area contributed by atoms with Crippen LogP contribution in [-0.4, -0.2) is 47.2 Å². The van der Waals surface area contributed by atoms with Crippen LogP contribution in [-0.2, 0) is 7.05 Å². The standard InChI is InChI=1S/C16H17N5O5/c1-21-6-5-10(20-21)15-18-19-16(26-15)17-14(22)9-7-11(23-2)13(25-4)12(8-9)24-3/h5-8H,1-4H3,(H,17,19,22). The van der Waals surface area contributed by atoms with Crippen LogP contribution in [0, 0.1) is 0 Å². The molecule has 0 atom stereocenters. The second-order valence-corrected chi connectivity index (χ2v) is 5.16. The van der Waals surface area contributed by atoms with Gasteiger partial charge in [-0.1, -0.05) is 5.10 Å². The molecule has 0 radical (unpaired) electrons. The number of ether oxygens (including phenoxy) is 3. The summed E-state index contributed by atoms with van der Waals surface area (Å²) in [5.41, 5.74) is 0.783. The van der Waals surface area contributed by atoms with E-state index in [0.29, 0.717) is 22.9 Å². The fourth-order valence-electron chi connectivity index (χ4n) is 2.29. The minimum Gasteiger partial charge on any atom is -0.493 e. The lowest BCUT2D eigenvalue weighted by Gasteiger charge is -2.13. The van der Waals surface area contributed by atoms with E-state index in [0.717, 1.165) is 0 Å². The summed E-state index contributed by atoms with van der Waals surface area (Å²) < 4.78 is 22.7. The predicted molar refractivity (Wildman–Crippen MR) is 90.6 cm³/mol. The third-order valence-electron chi connectivity index (χ3n) is 3.51. The van der Waals surface area contributed by atoms with Crippen molar-refractivity contribution >= 4 is 11.9 Å². The van der Waals surface area contributed by atoms with E-state index in [2.05, 4.69) is 20.6 Å². The maximum absolute atomic E-state index is 12.5. The van der Waals surface area contributed by atoms with E-state index < -0.39 is 5.91 Å². The van der Waals surface area contributed by atoms with Crippen LogP contribution in [0.15, 0.2) is 28.8 Å². The Morgan fingerprint density at radius 3 is 2.35 bits per heavy atom. The lowest BCUT2D eigenvalue weighted by molar-refractivity contribution is 0.102. The van der Waals surface area contributed by atoms with Gasteiger partial charge in [-0.3, -0.25) is 14.8 Å². The molecule has 2 aromatic heterocycles. The van der Waals surface area contributed by atoms with Crippen molar-refractivity contribution < 1.29 is 23.4 Å². The van der Waals surface area contributed by atoms with Gasteiger partial charge < -0.3 is 18.6 Å². The van der Waals surface area contributed by atoms with Crippen LogP contribution in [0.1, 0.15) is 10.4 Å². The van der Waals surface area contributed by atoms with Crippen molar-refractivity contribution in [1.29, 1.82) is 0 Å². The Morgan fingerprint density at radius 2 is 1.81 bits per heavy atom. The fourth-order valence-corrected chi connectivity index (χ4v) is 2.29. The van der Waals surface area contributed by atoms with Crippen molar-refractivity contribution in [3.05, 3.63) is 30.0 Å². The summed E-state index contributed by atoms with van der Waals surface area (Å²) in [5, 5.41) is 14.4. The topological polar surface area (TPSA) is 114 Å². The monoisotopic (exact) mass is 359 g/mol. The average Bonchev–Trinajstić information content (AvgIpc) is 3.29. The molecular formula is C16H17N5O5. The van der Waals surface area contributed by atoms with E-state index in [4.69, 9.17) is 18.6 Å². The van der Waals surface area contributed by atoms with Crippen LogP contribution in [0.5, 0.6) is 17.2 Å². The minimum atomic E-state index is -0.472. The van der Waals surface area contributed by atoms with Gasteiger partial charge in [0.25, 0.3) is 11.8 Å². The lowest BCUT2D eigenvalue weighted by atomic mass is 10.1. The summed E-state index contributed by atoms with van der Waals surface area (Å²) >= 11 is 0. The van der Waals surface area contributed by atoms with Crippen molar-refractivity contribution in [2.24, 2.45) is 7.05 Å². The Labute approximate surface area is 148 Å². The maximum Gasteiger partial charge on any atom is 0.322 e. The molecule has 1 N–H and O–H groups in total. The maximum atomic E-state index is 12.5. The number of amides is 1. The van der Waals surface area contributed by atoms with Gasteiger partial charge in [0, 0.05) is 18.8 Å². The highest BCUT2D eigenvalue weighted by molar-refractivity contribution is 6.04. The first-order valence-electron chi connectivity index (χ1n) is 7.50. The van der Waals surface area contributed by atoms with E-state index in [-0.39, 0.29) is 17.5 Å². The van der Waals surface area contributed by atoms with Gasteiger partial charge >= 0.3 is 6.01 Å². The summed E-state index contributed by atoms with van der Waals surface area (Å²) in [4.78, 5) is 12.5. The molecule has 2 heterocycles. The lowest BCUT2D eigenvalue weighted by Crippen LogP contribution is -2.13. The van der Waals surface area contributed by atoms with Gasteiger partial charge in [0.05, 0.1) is 21.3 Å². The molecule has 0 fully saturated rings. The first-order valence-corrected chi connectivity index (χ1v) is 7.50. The highest BCUT2D eigenvalue weighted by Gasteiger charge is 2.19. The summed E-state index contributed by atoms with van der Waals surface area (Å²) in [5.74, 6) is 0.835. The van der Waals surface area contributed by atoms with Gasteiger partial charge in [-0.15, -0.1) is 5.10 Å². The third kappa shape index (κ3) is 3.29. The number of aryl methyl sites for hydroxylation is 1. The molecule has 10 heteroatoms. The molecular weight excluding hydrogens is 342 g/mol. The number of nitrogens with zero attached hydrogens (tertiary/aromatic N) is 4. The molecule has 1 aromatic carbocycles. The van der Waals surface area contributed by atoms with E-state index in [1.807, 2.05) is 0 Å². The van der Waals surface area contributed by atoms with Gasteiger partial charge in [0.1, 0.15) is 5.69 Å². The first kappa shape index (κ1) is 17.3. The van der Waals surface area contributed by atoms with Gasteiger partial charge in [-0.05, 0) is 18.2 Å². The second kappa shape index (κ2) is 7.13. The molecule has 3 rings (SSSR count). The third-order valence-corrected chi connectivity index (χ3v) is 3.51. The minimum absolute atomic E-state index is 0.0515. The van der Waals surface area contributed by atoms with Crippen LogP contribution in [0.25, 0.3) is 11.6 Å². The Kier molecular flexibility index (Phi) is 4.74. The number of carbonyl (C=O) groups excluding carboxylic acids is 1. The molecule has 0 aliphatic carbocycles. The number of carbonyl (C=O) groups is 1. The van der Waals surface area contributed by atoms with Crippen LogP contribution in [0.3, 0.4) is 0 Å². The van der Waals surface area contributed by atoms with Crippen molar-refractivity contribution in [3.8, 4) is 28.8 Å². The molecule has 0 spiro atoms. The molecule has 0 saturated carbocycles. The Bertz CT molecular complexity index is 908. The summed E-state index contributed by atoms with van der Waals surface area (Å²) in [6, 6.07) is 4.71. The molecule has 26 heavy (non-hydrogen) atoms. The van der Waals surface area contributed by atoms with E-state index in [1.165, 1.54) is 33.5 Å². The molecule has 3 aromatic rings. The predicted octanol–water partition coefficient (Wildman–Crippen LogP) is 1.75. The number of aromatic nitrogens is 4. The van der Waals surface area contributed by atoms with Crippen molar-refractivity contribution in [1.82, 2.24) is 20.0 Å². The number of benzene rings is 1. The molecule has 0 bridgehead atoms.